The predicted molar refractivity (Wildman–Crippen MR) is 89.4 cm³/mol. The minimum atomic E-state index is -0.857. The predicted octanol–water partition coefficient (Wildman–Crippen LogP) is 3.86. The average Bonchev–Trinajstić information content (AvgIpc) is 2.55. The molecule has 23 heavy (non-hydrogen) atoms. The lowest BCUT2D eigenvalue weighted by Crippen LogP contribution is -2.21. The number of carboxylic acids is 1. The van der Waals surface area contributed by atoms with E-state index in [0.29, 0.717) is 11.5 Å². The van der Waals surface area contributed by atoms with E-state index in [0.717, 1.165) is 16.7 Å². The maximum Gasteiger partial charge on any atom is 0.307 e. The number of benzene rings is 2. The number of methoxy groups -OCH3 is 2. The number of carboxylic acid groups (broad SMARTS) is 1. The molecule has 0 aliphatic heterocycles. The molecule has 0 aliphatic rings. The van der Waals surface area contributed by atoms with Crippen molar-refractivity contribution in [2.24, 2.45) is 5.92 Å². The van der Waals surface area contributed by atoms with Crippen molar-refractivity contribution in [3.05, 3.63) is 59.2 Å². The van der Waals surface area contributed by atoms with Crippen molar-refractivity contribution in [3.8, 4) is 11.5 Å². The van der Waals surface area contributed by atoms with Gasteiger partial charge in [0.2, 0.25) is 0 Å². The summed E-state index contributed by atoms with van der Waals surface area (Å²) in [6.45, 7) is 3.69. The van der Waals surface area contributed by atoms with Crippen molar-refractivity contribution in [2.45, 2.75) is 19.8 Å². The first-order chi connectivity index (χ1) is 11.0. The minimum Gasteiger partial charge on any atom is -0.496 e. The Morgan fingerprint density at radius 2 is 1.61 bits per heavy atom. The van der Waals surface area contributed by atoms with E-state index in [1.165, 1.54) is 0 Å². The standard InChI is InChI=1S/C19H22O4/c1-12-9-10-17(23-4)15(11-12)18(13(2)19(20)21)14-7-5-6-8-16(14)22-3/h5-11,13,18H,1-4H3,(H,20,21). The van der Waals surface area contributed by atoms with Crippen molar-refractivity contribution in [3.63, 3.8) is 0 Å². The van der Waals surface area contributed by atoms with Crippen molar-refractivity contribution >= 4 is 5.97 Å². The summed E-state index contributed by atoms with van der Waals surface area (Å²) >= 11 is 0. The van der Waals surface area contributed by atoms with E-state index in [2.05, 4.69) is 0 Å². The number of carbonyl (C=O) groups is 1. The van der Waals surface area contributed by atoms with Crippen LogP contribution in [0.2, 0.25) is 0 Å². The summed E-state index contributed by atoms with van der Waals surface area (Å²) in [4.78, 5) is 11.7. The molecule has 0 spiro atoms. The van der Waals surface area contributed by atoms with Crippen LogP contribution in [0.15, 0.2) is 42.5 Å². The third-order valence-corrected chi connectivity index (χ3v) is 4.08. The van der Waals surface area contributed by atoms with E-state index in [1.807, 2.05) is 49.4 Å². The molecular weight excluding hydrogens is 292 g/mol. The van der Waals surface area contributed by atoms with Crippen LogP contribution >= 0.6 is 0 Å². The summed E-state index contributed by atoms with van der Waals surface area (Å²) in [5, 5.41) is 9.59. The molecule has 0 amide bonds. The van der Waals surface area contributed by atoms with Gasteiger partial charge in [-0.05, 0) is 19.1 Å². The highest BCUT2D eigenvalue weighted by atomic mass is 16.5. The van der Waals surface area contributed by atoms with Gasteiger partial charge < -0.3 is 14.6 Å². The molecule has 0 saturated carbocycles. The fourth-order valence-corrected chi connectivity index (χ4v) is 2.87. The maximum absolute atomic E-state index is 11.7. The highest BCUT2D eigenvalue weighted by molar-refractivity contribution is 5.73. The van der Waals surface area contributed by atoms with E-state index in [4.69, 9.17) is 9.47 Å². The molecule has 0 aromatic heterocycles. The molecule has 0 heterocycles. The fraction of sp³-hybridized carbons (Fsp3) is 0.316. The van der Waals surface area contributed by atoms with E-state index < -0.39 is 11.9 Å². The number of hydrogen-bond acceptors (Lipinski definition) is 3. The molecule has 0 saturated heterocycles. The van der Waals surface area contributed by atoms with E-state index in [9.17, 15) is 9.90 Å². The van der Waals surface area contributed by atoms with Crippen molar-refractivity contribution in [1.29, 1.82) is 0 Å². The van der Waals surface area contributed by atoms with Crippen molar-refractivity contribution in [1.82, 2.24) is 0 Å². The van der Waals surface area contributed by atoms with Gasteiger partial charge in [-0.1, -0.05) is 42.8 Å². The van der Waals surface area contributed by atoms with Gasteiger partial charge >= 0.3 is 5.97 Å². The topological polar surface area (TPSA) is 55.8 Å². The molecule has 0 fully saturated rings. The Bertz CT molecular complexity index is 694. The average molecular weight is 314 g/mol. The first-order valence-corrected chi connectivity index (χ1v) is 7.49. The summed E-state index contributed by atoms with van der Waals surface area (Å²) < 4.78 is 10.9. The number of ether oxygens (including phenoxy) is 2. The second-order valence-electron chi connectivity index (χ2n) is 5.59. The van der Waals surface area contributed by atoms with Crippen LogP contribution < -0.4 is 9.47 Å². The molecule has 2 rings (SSSR count). The second kappa shape index (κ2) is 7.18. The number of para-hydroxylation sites is 1. The lowest BCUT2D eigenvalue weighted by molar-refractivity contribution is -0.141. The normalized spacial score (nSPS) is 13.2. The molecule has 2 aromatic carbocycles. The number of aliphatic carboxylic acids is 1. The molecule has 0 aliphatic carbocycles. The van der Waals surface area contributed by atoms with Crippen molar-refractivity contribution in [2.75, 3.05) is 14.2 Å². The van der Waals surface area contributed by atoms with Crippen molar-refractivity contribution < 1.29 is 19.4 Å². The molecule has 2 atom stereocenters. The van der Waals surface area contributed by atoms with Gasteiger partial charge in [-0.3, -0.25) is 4.79 Å². The Hall–Kier alpha value is -2.49. The zero-order chi connectivity index (χ0) is 17.0. The fourth-order valence-electron chi connectivity index (χ4n) is 2.87. The van der Waals surface area contributed by atoms with Crippen LogP contribution in [0.5, 0.6) is 11.5 Å². The number of hydrogen-bond donors (Lipinski definition) is 1. The van der Waals surface area contributed by atoms with Gasteiger partial charge in [0, 0.05) is 17.0 Å². The molecule has 2 unspecified atom stereocenters. The van der Waals surface area contributed by atoms with Crippen LogP contribution in [0.4, 0.5) is 0 Å². The Balaban J connectivity index is 2.69. The summed E-state index contributed by atoms with van der Waals surface area (Å²) in [7, 11) is 3.19. The zero-order valence-electron chi connectivity index (χ0n) is 13.9. The summed E-state index contributed by atoms with van der Waals surface area (Å²) in [5.74, 6) is -0.487. The molecule has 122 valence electrons. The van der Waals surface area contributed by atoms with E-state index in [-0.39, 0.29) is 5.92 Å². The lowest BCUT2D eigenvalue weighted by atomic mass is 9.80. The molecular formula is C19H22O4. The highest BCUT2D eigenvalue weighted by Gasteiger charge is 2.31. The van der Waals surface area contributed by atoms with Gasteiger partial charge in [-0.25, -0.2) is 0 Å². The van der Waals surface area contributed by atoms with Crippen LogP contribution in [0, 0.1) is 12.8 Å². The minimum absolute atomic E-state index is 0.363. The second-order valence-corrected chi connectivity index (χ2v) is 5.59. The van der Waals surface area contributed by atoms with Crippen LogP contribution in [0.1, 0.15) is 29.5 Å². The van der Waals surface area contributed by atoms with E-state index >= 15 is 0 Å². The summed E-state index contributed by atoms with van der Waals surface area (Å²) in [6, 6.07) is 13.3. The summed E-state index contributed by atoms with van der Waals surface area (Å²) in [6.07, 6.45) is 0. The molecule has 0 radical (unpaired) electrons. The SMILES string of the molecule is COc1ccccc1C(c1cc(C)ccc1OC)C(C)C(=O)O. The lowest BCUT2D eigenvalue weighted by Gasteiger charge is -2.25. The Kier molecular flexibility index (Phi) is 5.27. The van der Waals surface area contributed by atoms with E-state index in [1.54, 1.807) is 21.1 Å². The van der Waals surface area contributed by atoms with Crippen LogP contribution in [0.25, 0.3) is 0 Å². The third-order valence-electron chi connectivity index (χ3n) is 4.08. The van der Waals surface area contributed by atoms with Gasteiger partial charge in [0.25, 0.3) is 0 Å². The van der Waals surface area contributed by atoms with Gasteiger partial charge in [0.05, 0.1) is 20.1 Å². The molecule has 4 nitrogen and oxygen atoms in total. The van der Waals surface area contributed by atoms with Crippen LogP contribution in [0.3, 0.4) is 0 Å². The molecule has 0 bridgehead atoms. The van der Waals surface area contributed by atoms with Crippen LogP contribution in [-0.2, 0) is 4.79 Å². The maximum atomic E-state index is 11.7. The quantitative estimate of drug-likeness (QED) is 0.879. The van der Waals surface area contributed by atoms with Crippen LogP contribution in [-0.4, -0.2) is 25.3 Å². The monoisotopic (exact) mass is 314 g/mol. The zero-order valence-corrected chi connectivity index (χ0v) is 13.9. The Morgan fingerprint density at radius 1 is 1.00 bits per heavy atom. The smallest absolute Gasteiger partial charge is 0.307 e. The van der Waals surface area contributed by atoms with Gasteiger partial charge in [0.1, 0.15) is 11.5 Å². The highest BCUT2D eigenvalue weighted by Crippen LogP contribution is 2.41. The summed E-state index contributed by atoms with van der Waals surface area (Å²) in [5.41, 5.74) is 2.75. The van der Waals surface area contributed by atoms with Gasteiger partial charge in [0.15, 0.2) is 0 Å². The Labute approximate surface area is 136 Å². The molecule has 1 N–H and O–H groups in total. The van der Waals surface area contributed by atoms with Gasteiger partial charge in [-0.15, -0.1) is 0 Å². The molecule has 4 heteroatoms. The Morgan fingerprint density at radius 3 is 2.22 bits per heavy atom. The number of rotatable bonds is 6. The third kappa shape index (κ3) is 3.47. The number of aryl methyl sites for hydroxylation is 1. The molecule has 2 aromatic rings. The first-order valence-electron chi connectivity index (χ1n) is 7.49. The first kappa shape index (κ1) is 16.9. The largest absolute Gasteiger partial charge is 0.496 e. The van der Waals surface area contributed by atoms with Gasteiger partial charge in [-0.2, -0.15) is 0 Å².